The zero-order chi connectivity index (χ0) is 9.14. The summed E-state index contributed by atoms with van der Waals surface area (Å²) in [7, 11) is 0. The molecule has 0 aromatic heterocycles. The second kappa shape index (κ2) is 3.38. The van der Waals surface area contributed by atoms with E-state index in [2.05, 4.69) is 4.84 Å². The van der Waals surface area contributed by atoms with Crippen molar-refractivity contribution in [2.24, 2.45) is 5.90 Å². The highest BCUT2D eigenvalue weighted by atomic mass is 35.5. The Morgan fingerprint density at radius 2 is 2.25 bits per heavy atom. The average Bonchev–Trinajstić information content (AvgIpc) is 2.03. The highest BCUT2D eigenvalue weighted by Crippen LogP contribution is 2.28. The van der Waals surface area contributed by atoms with Gasteiger partial charge in [-0.25, -0.2) is 0 Å². The van der Waals surface area contributed by atoms with Crippen LogP contribution in [0.3, 0.4) is 0 Å². The van der Waals surface area contributed by atoms with Crippen LogP contribution in [-0.4, -0.2) is 4.92 Å². The van der Waals surface area contributed by atoms with Gasteiger partial charge in [0.1, 0.15) is 0 Å². The fraction of sp³-hybridized carbons (Fsp3) is 0. The summed E-state index contributed by atoms with van der Waals surface area (Å²) in [4.78, 5) is 14.0. The van der Waals surface area contributed by atoms with E-state index in [1.807, 2.05) is 0 Å². The molecule has 0 amide bonds. The average molecular weight is 189 g/mol. The number of hydrogen-bond acceptors (Lipinski definition) is 4. The SMILES string of the molecule is NOc1cc(Cl)ccc1[N+](=O)[O-]. The summed E-state index contributed by atoms with van der Waals surface area (Å²) in [6.45, 7) is 0. The molecule has 0 saturated heterocycles. The predicted molar refractivity (Wildman–Crippen MR) is 42.9 cm³/mol. The van der Waals surface area contributed by atoms with E-state index < -0.39 is 4.92 Å². The van der Waals surface area contributed by atoms with Crippen molar-refractivity contribution < 1.29 is 9.76 Å². The van der Waals surface area contributed by atoms with Crippen LogP contribution in [0.4, 0.5) is 5.69 Å². The molecule has 0 aliphatic carbocycles. The van der Waals surface area contributed by atoms with Crippen LogP contribution < -0.4 is 10.7 Å². The number of rotatable bonds is 2. The third-order valence-corrected chi connectivity index (χ3v) is 1.48. The molecular weight excluding hydrogens is 184 g/mol. The largest absolute Gasteiger partial charge is 0.404 e. The van der Waals surface area contributed by atoms with Crippen molar-refractivity contribution >= 4 is 17.3 Å². The van der Waals surface area contributed by atoms with Crippen molar-refractivity contribution in [1.82, 2.24) is 0 Å². The van der Waals surface area contributed by atoms with Crippen LogP contribution in [0.25, 0.3) is 0 Å². The molecular formula is C6H5ClN2O3. The van der Waals surface area contributed by atoms with E-state index in [9.17, 15) is 10.1 Å². The van der Waals surface area contributed by atoms with Crippen molar-refractivity contribution in [1.29, 1.82) is 0 Å². The van der Waals surface area contributed by atoms with Gasteiger partial charge in [0, 0.05) is 17.2 Å². The van der Waals surface area contributed by atoms with Gasteiger partial charge in [-0.05, 0) is 6.07 Å². The van der Waals surface area contributed by atoms with E-state index in [4.69, 9.17) is 17.5 Å². The summed E-state index contributed by atoms with van der Waals surface area (Å²) < 4.78 is 0. The first kappa shape index (κ1) is 8.76. The van der Waals surface area contributed by atoms with Crippen LogP contribution in [-0.2, 0) is 0 Å². The predicted octanol–water partition coefficient (Wildman–Crippen LogP) is 1.50. The van der Waals surface area contributed by atoms with Crippen LogP contribution >= 0.6 is 11.6 Å². The topological polar surface area (TPSA) is 78.4 Å². The molecule has 0 spiro atoms. The highest BCUT2D eigenvalue weighted by molar-refractivity contribution is 6.30. The number of nitrogens with zero attached hydrogens (tertiary/aromatic N) is 1. The van der Waals surface area contributed by atoms with Crippen LogP contribution in [0.2, 0.25) is 5.02 Å². The molecule has 0 aliphatic heterocycles. The summed E-state index contributed by atoms with van der Waals surface area (Å²) in [6, 6.07) is 3.90. The van der Waals surface area contributed by atoms with Gasteiger partial charge >= 0.3 is 5.69 Å². The van der Waals surface area contributed by atoms with Crippen LogP contribution in [0.15, 0.2) is 18.2 Å². The Morgan fingerprint density at radius 1 is 1.58 bits per heavy atom. The van der Waals surface area contributed by atoms with Crippen molar-refractivity contribution in [2.75, 3.05) is 0 Å². The molecule has 0 saturated carbocycles. The van der Waals surface area contributed by atoms with Gasteiger partial charge in [0.2, 0.25) is 5.75 Å². The van der Waals surface area contributed by atoms with Gasteiger partial charge in [0.25, 0.3) is 0 Å². The molecule has 0 unspecified atom stereocenters. The van der Waals surface area contributed by atoms with E-state index in [-0.39, 0.29) is 11.4 Å². The summed E-state index contributed by atoms with van der Waals surface area (Å²) in [5.41, 5.74) is -0.207. The third kappa shape index (κ3) is 1.63. The molecule has 0 bridgehead atoms. The smallest absolute Gasteiger partial charge is 0.313 e. The molecule has 5 nitrogen and oxygen atoms in total. The van der Waals surface area contributed by atoms with Gasteiger partial charge < -0.3 is 4.84 Å². The Hall–Kier alpha value is -1.33. The quantitative estimate of drug-likeness (QED) is 0.564. The van der Waals surface area contributed by atoms with E-state index in [1.165, 1.54) is 18.2 Å². The normalized spacial score (nSPS) is 9.50. The minimum Gasteiger partial charge on any atom is -0.404 e. The van der Waals surface area contributed by atoms with E-state index in [0.29, 0.717) is 5.02 Å². The first-order valence-corrected chi connectivity index (χ1v) is 3.33. The first-order chi connectivity index (χ1) is 5.65. The van der Waals surface area contributed by atoms with Crippen molar-refractivity contribution in [3.05, 3.63) is 33.3 Å². The zero-order valence-corrected chi connectivity index (χ0v) is 6.62. The monoisotopic (exact) mass is 188 g/mol. The minimum absolute atomic E-state index is 0.0486. The molecule has 1 rings (SSSR count). The number of nitro benzene ring substituents is 1. The number of hydrogen-bond donors (Lipinski definition) is 1. The van der Waals surface area contributed by atoms with Crippen molar-refractivity contribution in [3.8, 4) is 5.75 Å². The van der Waals surface area contributed by atoms with E-state index in [0.717, 1.165) is 0 Å². The molecule has 12 heavy (non-hydrogen) atoms. The zero-order valence-electron chi connectivity index (χ0n) is 5.86. The Bertz CT molecular complexity index is 316. The van der Waals surface area contributed by atoms with E-state index >= 15 is 0 Å². The minimum atomic E-state index is -0.599. The number of nitro groups is 1. The van der Waals surface area contributed by atoms with Crippen LogP contribution in [0, 0.1) is 10.1 Å². The standard InChI is InChI=1S/C6H5ClN2O3/c7-4-1-2-5(9(10)11)6(3-4)12-8/h1-3H,8H2. The summed E-state index contributed by atoms with van der Waals surface area (Å²) in [5, 5.41) is 10.7. The molecule has 1 aromatic carbocycles. The van der Waals surface area contributed by atoms with E-state index in [1.54, 1.807) is 0 Å². The molecule has 2 N–H and O–H groups in total. The molecule has 0 aliphatic rings. The van der Waals surface area contributed by atoms with Crippen molar-refractivity contribution in [3.63, 3.8) is 0 Å². The Morgan fingerprint density at radius 3 is 2.75 bits per heavy atom. The first-order valence-electron chi connectivity index (χ1n) is 2.96. The second-order valence-electron chi connectivity index (χ2n) is 1.99. The summed E-state index contributed by atoms with van der Waals surface area (Å²) in [6.07, 6.45) is 0. The lowest BCUT2D eigenvalue weighted by Gasteiger charge is -1.99. The lowest BCUT2D eigenvalue weighted by Crippen LogP contribution is -2.04. The van der Waals surface area contributed by atoms with Gasteiger partial charge in [0.05, 0.1) is 4.92 Å². The van der Waals surface area contributed by atoms with Gasteiger partial charge in [-0.2, -0.15) is 5.90 Å². The molecule has 0 fully saturated rings. The van der Waals surface area contributed by atoms with Crippen molar-refractivity contribution in [2.45, 2.75) is 0 Å². The maximum atomic E-state index is 10.3. The summed E-state index contributed by atoms with van der Waals surface area (Å²) >= 11 is 5.54. The molecule has 6 heteroatoms. The van der Waals surface area contributed by atoms with Gasteiger partial charge in [-0.15, -0.1) is 0 Å². The maximum absolute atomic E-state index is 10.3. The summed E-state index contributed by atoms with van der Waals surface area (Å²) in [5.74, 6) is 4.75. The number of benzene rings is 1. The second-order valence-corrected chi connectivity index (χ2v) is 2.42. The fourth-order valence-corrected chi connectivity index (χ4v) is 0.895. The molecule has 0 atom stereocenters. The lowest BCUT2D eigenvalue weighted by atomic mass is 10.3. The molecule has 0 radical (unpaired) electrons. The highest BCUT2D eigenvalue weighted by Gasteiger charge is 2.14. The molecule has 0 heterocycles. The fourth-order valence-electron chi connectivity index (χ4n) is 0.733. The number of halogens is 1. The molecule has 64 valence electrons. The third-order valence-electron chi connectivity index (χ3n) is 1.25. The Labute approximate surface area is 72.8 Å². The Balaban J connectivity index is 3.20. The lowest BCUT2D eigenvalue weighted by molar-refractivity contribution is -0.385. The van der Waals surface area contributed by atoms with Gasteiger partial charge in [0.15, 0.2) is 0 Å². The molecule has 1 aromatic rings. The van der Waals surface area contributed by atoms with Crippen LogP contribution in [0.5, 0.6) is 5.75 Å². The Kier molecular flexibility index (Phi) is 2.47. The number of nitrogens with two attached hydrogens (primary N) is 1. The van der Waals surface area contributed by atoms with Gasteiger partial charge in [-0.3, -0.25) is 10.1 Å². The van der Waals surface area contributed by atoms with Gasteiger partial charge in [-0.1, -0.05) is 11.6 Å². The van der Waals surface area contributed by atoms with Crippen LogP contribution in [0.1, 0.15) is 0 Å². The maximum Gasteiger partial charge on any atom is 0.313 e.